The molecule has 1 N–H and O–H groups in total. The highest BCUT2D eigenvalue weighted by molar-refractivity contribution is 5.77. The molecular formula is C19H22N2O8. The third-order valence-electron chi connectivity index (χ3n) is 3.93. The average molecular weight is 406 g/mol. The lowest BCUT2D eigenvalue weighted by atomic mass is 10.1. The second-order valence-electron chi connectivity index (χ2n) is 5.69. The highest BCUT2D eigenvalue weighted by atomic mass is 16.6. The molecule has 2 rings (SSSR count). The van der Waals surface area contributed by atoms with Gasteiger partial charge in [0, 0.05) is 18.7 Å². The van der Waals surface area contributed by atoms with Crippen LogP contribution < -0.4 is 29.0 Å². The fourth-order valence-corrected chi connectivity index (χ4v) is 2.54. The summed E-state index contributed by atoms with van der Waals surface area (Å²) >= 11 is 0. The number of carbonyl (C=O) groups excluding carboxylic acids is 1. The van der Waals surface area contributed by atoms with Crippen LogP contribution in [0.4, 0.5) is 5.69 Å². The van der Waals surface area contributed by atoms with Gasteiger partial charge in [-0.2, -0.15) is 0 Å². The van der Waals surface area contributed by atoms with Gasteiger partial charge in [0.25, 0.3) is 5.91 Å². The Morgan fingerprint density at radius 3 is 2.10 bits per heavy atom. The third-order valence-corrected chi connectivity index (χ3v) is 3.93. The molecule has 29 heavy (non-hydrogen) atoms. The van der Waals surface area contributed by atoms with E-state index in [2.05, 4.69) is 5.32 Å². The minimum absolute atomic E-state index is 0.0466. The van der Waals surface area contributed by atoms with Crippen LogP contribution in [0, 0.1) is 10.1 Å². The van der Waals surface area contributed by atoms with Gasteiger partial charge in [-0.3, -0.25) is 14.9 Å². The van der Waals surface area contributed by atoms with Crippen molar-refractivity contribution < 1.29 is 33.4 Å². The van der Waals surface area contributed by atoms with E-state index in [0.717, 1.165) is 5.56 Å². The molecule has 0 saturated carbocycles. The van der Waals surface area contributed by atoms with Gasteiger partial charge in [0.15, 0.2) is 18.1 Å². The van der Waals surface area contributed by atoms with Crippen LogP contribution in [0.5, 0.6) is 28.7 Å². The molecule has 0 heterocycles. The van der Waals surface area contributed by atoms with E-state index < -0.39 is 4.92 Å². The maximum atomic E-state index is 12.1. The number of nitrogens with zero attached hydrogens (tertiary/aromatic N) is 1. The van der Waals surface area contributed by atoms with E-state index in [1.54, 1.807) is 12.1 Å². The molecule has 0 bridgehead atoms. The van der Waals surface area contributed by atoms with Crippen LogP contribution >= 0.6 is 0 Å². The van der Waals surface area contributed by atoms with Gasteiger partial charge in [0.2, 0.25) is 11.5 Å². The maximum Gasteiger partial charge on any atom is 0.311 e. The van der Waals surface area contributed by atoms with E-state index in [1.165, 1.54) is 46.6 Å². The summed E-state index contributed by atoms with van der Waals surface area (Å²) in [4.78, 5) is 22.4. The van der Waals surface area contributed by atoms with Gasteiger partial charge >= 0.3 is 5.69 Å². The van der Waals surface area contributed by atoms with Crippen LogP contribution in [0.3, 0.4) is 0 Å². The maximum absolute atomic E-state index is 12.1. The van der Waals surface area contributed by atoms with Crippen molar-refractivity contribution in [2.75, 3.05) is 35.0 Å². The van der Waals surface area contributed by atoms with Crippen molar-refractivity contribution in [3.8, 4) is 28.7 Å². The van der Waals surface area contributed by atoms with E-state index in [1.807, 2.05) is 0 Å². The lowest BCUT2D eigenvalue weighted by Gasteiger charge is -2.14. The largest absolute Gasteiger partial charge is 0.493 e. The van der Waals surface area contributed by atoms with Crippen LogP contribution in [0.25, 0.3) is 0 Å². The van der Waals surface area contributed by atoms with Crippen molar-refractivity contribution in [2.45, 2.75) is 6.54 Å². The first kappa shape index (κ1) is 21.6. The highest BCUT2D eigenvalue weighted by Gasteiger charge is 2.16. The van der Waals surface area contributed by atoms with E-state index in [9.17, 15) is 14.9 Å². The molecule has 0 spiro atoms. The lowest BCUT2D eigenvalue weighted by molar-refractivity contribution is -0.385. The summed E-state index contributed by atoms with van der Waals surface area (Å²) < 4.78 is 26.2. The summed E-state index contributed by atoms with van der Waals surface area (Å²) in [6, 6.07) is 7.45. The number of carbonyl (C=O) groups is 1. The van der Waals surface area contributed by atoms with Crippen molar-refractivity contribution >= 4 is 11.6 Å². The van der Waals surface area contributed by atoms with E-state index in [-0.39, 0.29) is 36.2 Å². The number of amides is 1. The minimum atomic E-state index is -0.563. The topological polar surface area (TPSA) is 118 Å². The Hall–Kier alpha value is -3.69. The Kier molecular flexibility index (Phi) is 7.47. The Morgan fingerprint density at radius 2 is 1.59 bits per heavy atom. The number of methoxy groups -OCH3 is 4. The predicted molar refractivity (Wildman–Crippen MR) is 103 cm³/mol. The second-order valence-corrected chi connectivity index (χ2v) is 5.69. The van der Waals surface area contributed by atoms with Crippen molar-refractivity contribution in [3.63, 3.8) is 0 Å². The second kappa shape index (κ2) is 10.0. The van der Waals surface area contributed by atoms with Gasteiger partial charge in [0.05, 0.1) is 33.4 Å². The van der Waals surface area contributed by atoms with E-state index in [0.29, 0.717) is 17.2 Å². The molecule has 0 aliphatic heterocycles. The van der Waals surface area contributed by atoms with Crippen LogP contribution in [-0.4, -0.2) is 45.9 Å². The minimum Gasteiger partial charge on any atom is -0.493 e. The van der Waals surface area contributed by atoms with Gasteiger partial charge in [-0.25, -0.2) is 0 Å². The summed E-state index contributed by atoms with van der Waals surface area (Å²) in [7, 11) is 5.83. The lowest BCUT2D eigenvalue weighted by Crippen LogP contribution is -2.28. The number of nitro benzene ring substituents is 1. The summed E-state index contributed by atoms with van der Waals surface area (Å²) in [6.07, 6.45) is 0. The van der Waals surface area contributed by atoms with Crippen molar-refractivity contribution in [2.24, 2.45) is 0 Å². The molecule has 2 aromatic rings. The highest BCUT2D eigenvalue weighted by Crippen LogP contribution is 2.38. The Morgan fingerprint density at radius 1 is 0.966 bits per heavy atom. The molecule has 0 aromatic heterocycles. The van der Waals surface area contributed by atoms with Crippen molar-refractivity contribution in [3.05, 3.63) is 46.0 Å². The van der Waals surface area contributed by atoms with Crippen LogP contribution in [0.15, 0.2) is 30.3 Å². The summed E-state index contributed by atoms with van der Waals surface area (Å²) in [5.74, 6) is 1.35. The summed E-state index contributed by atoms with van der Waals surface area (Å²) in [5, 5.41) is 13.6. The fraction of sp³-hybridized carbons (Fsp3) is 0.316. The van der Waals surface area contributed by atoms with Crippen LogP contribution in [0.1, 0.15) is 5.56 Å². The molecule has 10 heteroatoms. The number of rotatable bonds is 10. The molecule has 10 nitrogen and oxygen atoms in total. The average Bonchev–Trinajstić information content (AvgIpc) is 2.74. The molecule has 1 amide bonds. The predicted octanol–water partition coefficient (Wildman–Crippen LogP) is 2.32. The van der Waals surface area contributed by atoms with E-state index >= 15 is 0 Å². The van der Waals surface area contributed by atoms with Gasteiger partial charge < -0.3 is 29.0 Å². The first-order chi connectivity index (χ1) is 13.9. The smallest absolute Gasteiger partial charge is 0.311 e. The standard InChI is InChI=1S/C19H22N2O8/c1-25-15-9-13(5-6-14(15)21(23)24)29-11-18(22)20-10-12-7-16(26-2)19(28-4)17(8-12)27-3/h5-9H,10-11H2,1-4H3,(H,20,22). The number of hydrogen-bond donors (Lipinski definition) is 1. The van der Waals surface area contributed by atoms with E-state index in [4.69, 9.17) is 23.7 Å². The molecule has 0 aliphatic carbocycles. The van der Waals surface area contributed by atoms with Crippen LogP contribution in [0.2, 0.25) is 0 Å². The Labute approximate surface area is 167 Å². The molecule has 0 unspecified atom stereocenters. The molecular weight excluding hydrogens is 384 g/mol. The zero-order valence-electron chi connectivity index (χ0n) is 16.5. The SMILES string of the molecule is COc1cc(OCC(=O)NCc2cc(OC)c(OC)c(OC)c2)ccc1[N+](=O)[O-]. The number of benzene rings is 2. The summed E-state index contributed by atoms with van der Waals surface area (Å²) in [5.41, 5.74) is 0.552. The zero-order valence-corrected chi connectivity index (χ0v) is 16.5. The van der Waals surface area contributed by atoms with Gasteiger partial charge in [-0.15, -0.1) is 0 Å². The monoisotopic (exact) mass is 406 g/mol. The quantitative estimate of drug-likeness (QED) is 0.472. The van der Waals surface area contributed by atoms with Crippen molar-refractivity contribution in [1.29, 1.82) is 0 Å². The number of hydrogen-bond acceptors (Lipinski definition) is 8. The third kappa shape index (κ3) is 5.41. The molecule has 0 atom stereocenters. The zero-order chi connectivity index (χ0) is 21.4. The Balaban J connectivity index is 1.98. The van der Waals surface area contributed by atoms with Crippen LogP contribution in [-0.2, 0) is 11.3 Å². The molecule has 0 fully saturated rings. The Bertz CT molecular complexity index is 860. The molecule has 0 radical (unpaired) electrons. The first-order valence-corrected chi connectivity index (χ1v) is 8.44. The first-order valence-electron chi connectivity index (χ1n) is 8.44. The number of nitro groups is 1. The normalized spacial score (nSPS) is 10.1. The molecule has 2 aromatic carbocycles. The fourth-order valence-electron chi connectivity index (χ4n) is 2.54. The number of ether oxygens (including phenoxy) is 5. The summed E-state index contributed by atoms with van der Waals surface area (Å²) in [6.45, 7) is -0.0616. The molecule has 0 saturated heterocycles. The van der Waals surface area contributed by atoms with Gasteiger partial charge in [-0.05, 0) is 23.8 Å². The van der Waals surface area contributed by atoms with Crippen molar-refractivity contribution in [1.82, 2.24) is 5.32 Å². The number of nitrogens with one attached hydrogen (secondary N) is 1. The van der Waals surface area contributed by atoms with Gasteiger partial charge in [-0.1, -0.05) is 0 Å². The molecule has 156 valence electrons. The molecule has 0 aliphatic rings. The van der Waals surface area contributed by atoms with Gasteiger partial charge in [0.1, 0.15) is 5.75 Å².